The summed E-state index contributed by atoms with van der Waals surface area (Å²) in [7, 11) is 0. The van der Waals surface area contributed by atoms with Crippen LogP contribution in [-0.4, -0.2) is 4.98 Å². The Kier molecular flexibility index (Phi) is 3.62. The second-order valence-electron chi connectivity index (χ2n) is 3.92. The van der Waals surface area contributed by atoms with E-state index in [9.17, 15) is 0 Å². The Balaban J connectivity index is 2.64. The van der Waals surface area contributed by atoms with E-state index in [1.54, 1.807) is 18.3 Å². The fraction of sp³-hybridized carbons (Fsp3) is 0.154. The molecule has 1 aromatic carbocycles. The van der Waals surface area contributed by atoms with Crippen LogP contribution in [0.5, 0.6) is 0 Å². The summed E-state index contributed by atoms with van der Waals surface area (Å²) in [6.07, 6.45) is 1.81. The Labute approximate surface area is 115 Å². The minimum absolute atomic E-state index is 0.449. The molecule has 0 unspecified atom stereocenters. The molecule has 0 N–H and O–H groups in total. The van der Waals surface area contributed by atoms with Gasteiger partial charge >= 0.3 is 0 Å². The van der Waals surface area contributed by atoms with Crippen LogP contribution in [0.1, 0.15) is 11.1 Å². The van der Waals surface area contributed by atoms with E-state index >= 15 is 0 Å². The summed E-state index contributed by atoms with van der Waals surface area (Å²) >= 11 is 18.1. The van der Waals surface area contributed by atoms with Crippen LogP contribution in [0.4, 0.5) is 0 Å². The standard InChI is InChI=1S/C13H10Cl3N/c1-7-3-8(2)13(17-6-7)9-4-11(15)12(16)5-10(9)14/h3-6H,1-2H3. The van der Waals surface area contributed by atoms with Gasteiger partial charge in [-0.1, -0.05) is 40.9 Å². The maximum Gasteiger partial charge on any atom is 0.0746 e. The highest BCUT2D eigenvalue weighted by molar-refractivity contribution is 6.44. The first-order chi connectivity index (χ1) is 7.99. The first-order valence-corrected chi connectivity index (χ1v) is 6.20. The number of rotatable bonds is 1. The van der Waals surface area contributed by atoms with Crippen LogP contribution in [0.15, 0.2) is 24.4 Å². The quantitative estimate of drug-likeness (QED) is 0.646. The van der Waals surface area contributed by atoms with Crippen molar-refractivity contribution in [2.75, 3.05) is 0 Å². The van der Waals surface area contributed by atoms with Gasteiger partial charge in [-0.3, -0.25) is 4.98 Å². The van der Waals surface area contributed by atoms with E-state index in [0.717, 1.165) is 22.4 Å². The lowest BCUT2D eigenvalue weighted by Gasteiger charge is -2.09. The molecule has 0 atom stereocenters. The molecule has 1 heterocycles. The zero-order valence-corrected chi connectivity index (χ0v) is 11.7. The van der Waals surface area contributed by atoms with Crippen LogP contribution in [0.2, 0.25) is 15.1 Å². The van der Waals surface area contributed by atoms with Gasteiger partial charge in [0.05, 0.1) is 20.8 Å². The number of benzene rings is 1. The van der Waals surface area contributed by atoms with Gasteiger partial charge in [0.25, 0.3) is 0 Å². The van der Waals surface area contributed by atoms with E-state index in [4.69, 9.17) is 34.8 Å². The van der Waals surface area contributed by atoms with Crippen LogP contribution < -0.4 is 0 Å². The van der Waals surface area contributed by atoms with Crippen molar-refractivity contribution in [3.05, 3.63) is 50.6 Å². The van der Waals surface area contributed by atoms with E-state index in [0.29, 0.717) is 15.1 Å². The molecule has 0 amide bonds. The minimum Gasteiger partial charge on any atom is -0.256 e. The molecule has 0 saturated heterocycles. The van der Waals surface area contributed by atoms with Crippen molar-refractivity contribution in [1.82, 2.24) is 4.98 Å². The van der Waals surface area contributed by atoms with Crippen LogP contribution in [-0.2, 0) is 0 Å². The molecule has 0 aliphatic rings. The summed E-state index contributed by atoms with van der Waals surface area (Å²) in [6, 6.07) is 5.44. The number of halogens is 3. The zero-order chi connectivity index (χ0) is 12.6. The van der Waals surface area contributed by atoms with Crippen LogP contribution in [0, 0.1) is 13.8 Å². The summed E-state index contributed by atoms with van der Waals surface area (Å²) < 4.78 is 0. The Morgan fingerprint density at radius 2 is 1.53 bits per heavy atom. The first kappa shape index (κ1) is 12.7. The van der Waals surface area contributed by atoms with E-state index in [-0.39, 0.29) is 0 Å². The van der Waals surface area contributed by atoms with Gasteiger partial charge in [-0.15, -0.1) is 0 Å². The molecule has 1 nitrogen and oxygen atoms in total. The van der Waals surface area contributed by atoms with Crippen molar-refractivity contribution in [3.8, 4) is 11.3 Å². The maximum atomic E-state index is 6.16. The van der Waals surface area contributed by atoms with E-state index in [1.807, 2.05) is 13.8 Å². The first-order valence-electron chi connectivity index (χ1n) is 5.07. The largest absolute Gasteiger partial charge is 0.256 e. The Morgan fingerprint density at radius 1 is 0.882 bits per heavy atom. The van der Waals surface area contributed by atoms with Crippen molar-refractivity contribution < 1.29 is 0 Å². The Morgan fingerprint density at radius 3 is 2.18 bits per heavy atom. The average molecular weight is 287 g/mol. The summed E-state index contributed by atoms with van der Waals surface area (Å²) in [4.78, 5) is 4.39. The zero-order valence-electron chi connectivity index (χ0n) is 9.39. The summed E-state index contributed by atoms with van der Waals surface area (Å²) in [5, 5.41) is 1.48. The highest BCUT2D eigenvalue weighted by Gasteiger charge is 2.11. The minimum atomic E-state index is 0.449. The van der Waals surface area contributed by atoms with Crippen molar-refractivity contribution >= 4 is 34.8 Å². The fourth-order valence-corrected chi connectivity index (χ4v) is 2.34. The van der Waals surface area contributed by atoms with Gasteiger partial charge in [-0.2, -0.15) is 0 Å². The molecule has 0 fully saturated rings. The normalized spacial score (nSPS) is 10.6. The third-order valence-electron chi connectivity index (χ3n) is 2.48. The maximum absolute atomic E-state index is 6.16. The monoisotopic (exact) mass is 285 g/mol. The fourth-order valence-electron chi connectivity index (χ4n) is 1.70. The van der Waals surface area contributed by atoms with Crippen molar-refractivity contribution in [3.63, 3.8) is 0 Å². The summed E-state index contributed by atoms with van der Waals surface area (Å²) in [5.41, 5.74) is 3.81. The van der Waals surface area contributed by atoms with Crippen molar-refractivity contribution in [2.45, 2.75) is 13.8 Å². The lowest BCUT2D eigenvalue weighted by molar-refractivity contribution is 1.22. The molecular weight excluding hydrogens is 277 g/mol. The molecule has 1 aromatic heterocycles. The second-order valence-corrected chi connectivity index (χ2v) is 5.15. The highest BCUT2D eigenvalue weighted by Crippen LogP contribution is 2.35. The predicted octanol–water partition coefficient (Wildman–Crippen LogP) is 5.33. The third kappa shape index (κ3) is 2.57. The molecule has 4 heteroatoms. The summed E-state index contributed by atoms with van der Waals surface area (Å²) in [6.45, 7) is 3.99. The molecule has 2 aromatic rings. The van der Waals surface area contributed by atoms with E-state index in [2.05, 4.69) is 11.1 Å². The van der Waals surface area contributed by atoms with Crippen LogP contribution >= 0.6 is 34.8 Å². The number of aromatic nitrogens is 1. The second kappa shape index (κ2) is 4.85. The predicted molar refractivity (Wildman–Crippen MR) is 74.2 cm³/mol. The van der Waals surface area contributed by atoms with E-state index in [1.165, 1.54) is 0 Å². The highest BCUT2D eigenvalue weighted by atomic mass is 35.5. The molecule has 2 rings (SSSR count). The Bertz CT molecular complexity index is 579. The van der Waals surface area contributed by atoms with Gasteiger partial charge in [0.1, 0.15) is 0 Å². The van der Waals surface area contributed by atoms with Gasteiger partial charge in [0.2, 0.25) is 0 Å². The molecule has 0 aliphatic carbocycles. The average Bonchev–Trinajstić information content (AvgIpc) is 2.24. The number of pyridine rings is 1. The smallest absolute Gasteiger partial charge is 0.0746 e. The van der Waals surface area contributed by atoms with Crippen molar-refractivity contribution in [2.24, 2.45) is 0 Å². The molecule has 17 heavy (non-hydrogen) atoms. The van der Waals surface area contributed by atoms with Gasteiger partial charge < -0.3 is 0 Å². The number of hydrogen-bond acceptors (Lipinski definition) is 1. The number of nitrogens with zero attached hydrogens (tertiary/aromatic N) is 1. The number of hydrogen-bond donors (Lipinski definition) is 0. The SMILES string of the molecule is Cc1cnc(-c2cc(Cl)c(Cl)cc2Cl)c(C)c1. The molecule has 0 spiro atoms. The van der Waals surface area contributed by atoms with Gasteiger partial charge in [0.15, 0.2) is 0 Å². The lowest BCUT2D eigenvalue weighted by atomic mass is 10.1. The third-order valence-corrected chi connectivity index (χ3v) is 3.51. The van der Waals surface area contributed by atoms with E-state index < -0.39 is 0 Å². The summed E-state index contributed by atoms with van der Waals surface area (Å²) in [5.74, 6) is 0. The molecular formula is C13H10Cl3N. The van der Waals surface area contributed by atoms with Crippen LogP contribution in [0.3, 0.4) is 0 Å². The van der Waals surface area contributed by atoms with Crippen molar-refractivity contribution in [1.29, 1.82) is 0 Å². The van der Waals surface area contributed by atoms with Gasteiger partial charge in [-0.05, 0) is 37.1 Å². The lowest BCUT2D eigenvalue weighted by Crippen LogP contribution is -1.91. The topological polar surface area (TPSA) is 12.9 Å². The molecule has 88 valence electrons. The molecule has 0 aliphatic heterocycles. The molecule has 0 radical (unpaired) electrons. The number of aryl methyl sites for hydroxylation is 2. The Hall–Kier alpha value is -0.760. The van der Waals surface area contributed by atoms with Gasteiger partial charge in [-0.25, -0.2) is 0 Å². The van der Waals surface area contributed by atoms with Crippen LogP contribution in [0.25, 0.3) is 11.3 Å². The van der Waals surface area contributed by atoms with Gasteiger partial charge in [0, 0.05) is 11.8 Å². The molecule has 0 saturated carbocycles. The molecule has 0 bridgehead atoms.